The molecule has 2 aromatic rings. The van der Waals surface area contributed by atoms with Gasteiger partial charge >= 0.3 is 0 Å². The summed E-state index contributed by atoms with van der Waals surface area (Å²) < 4.78 is 0. The topological polar surface area (TPSA) is 52.7 Å². The number of likely N-dealkylation sites (tertiary alicyclic amines) is 1. The van der Waals surface area contributed by atoms with E-state index in [4.69, 9.17) is 0 Å². The van der Waals surface area contributed by atoms with Gasteiger partial charge in [0, 0.05) is 12.5 Å². The molecule has 0 spiro atoms. The van der Waals surface area contributed by atoms with Crippen molar-refractivity contribution in [3.63, 3.8) is 0 Å². The molecule has 2 aliphatic rings. The van der Waals surface area contributed by atoms with E-state index in [1.807, 2.05) is 36.1 Å². The Kier molecular flexibility index (Phi) is 5.95. The molecule has 2 amide bonds. The highest BCUT2D eigenvalue weighted by Crippen LogP contribution is 2.31. The van der Waals surface area contributed by atoms with E-state index in [1.165, 1.54) is 5.56 Å². The van der Waals surface area contributed by atoms with Crippen molar-refractivity contribution in [1.82, 2.24) is 4.90 Å². The minimum Gasteiger partial charge on any atom is -0.324 e. The SMILES string of the molecule is CC1CC(=O)Nc2ccccc2N1C(=O)CN1CCC(Cc2ccccc2)CC1. The Hall–Kier alpha value is -2.66. The van der Waals surface area contributed by atoms with Crippen LogP contribution in [0, 0.1) is 5.92 Å². The summed E-state index contributed by atoms with van der Waals surface area (Å²) in [6, 6.07) is 18.1. The zero-order chi connectivity index (χ0) is 20.2. The molecule has 5 nitrogen and oxygen atoms in total. The summed E-state index contributed by atoms with van der Waals surface area (Å²) in [5, 5.41) is 2.92. The normalized spacial score (nSPS) is 20.7. The zero-order valence-electron chi connectivity index (χ0n) is 17.0. The molecule has 2 heterocycles. The molecule has 1 N–H and O–H groups in total. The maximum absolute atomic E-state index is 13.2. The number of nitrogens with one attached hydrogen (secondary N) is 1. The average molecular weight is 392 g/mol. The van der Waals surface area contributed by atoms with Gasteiger partial charge in [0.05, 0.1) is 17.9 Å². The minimum atomic E-state index is -0.151. The van der Waals surface area contributed by atoms with E-state index in [0.717, 1.165) is 43.7 Å². The molecular weight excluding hydrogens is 362 g/mol. The van der Waals surface area contributed by atoms with Gasteiger partial charge in [-0.1, -0.05) is 42.5 Å². The number of carbonyl (C=O) groups is 2. The van der Waals surface area contributed by atoms with E-state index in [0.29, 0.717) is 18.9 Å². The van der Waals surface area contributed by atoms with Crippen LogP contribution in [0.3, 0.4) is 0 Å². The summed E-state index contributed by atoms with van der Waals surface area (Å²) in [4.78, 5) is 29.4. The molecule has 152 valence electrons. The van der Waals surface area contributed by atoms with Gasteiger partial charge in [-0.3, -0.25) is 14.5 Å². The number of carbonyl (C=O) groups excluding carboxylic acids is 2. The molecule has 1 atom stereocenters. The molecule has 2 aromatic carbocycles. The third-order valence-corrected chi connectivity index (χ3v) is 6.06. The van der Waals surface area contributed by atoms with Crippen LogP contribution in [0.25, 0.3) is 0 Å². The van der Waals surface area contributed by atoms with E-state index < -0.39 is 0 Å². The van der Waals surface area contributed by atoms with Crippen LogP contribution in [-0.4, -0.2) is 42.4 Å². The van der Waals surface area contributed by atoms with Crippen LogP contribution in [-0.2, 0) is 16.0 Å². The molecule has 0 radical (unpaired) electrons. The van der Waals surface area contributed by atoms with E-state index in [2.05, 4.69) is 40.5 Å². The second-order valence-corrected chi connectivity index (χ2v) is 8.29. The second-order valence-electron chi connectivity index (χ2n) is 8.29. The highest BCUT2D eigenvalue weighted by molar-refractivity contribution is 6.04. The molecule has 4 rings (SSSR count). The highest BCUT2D eigenvalue weighted by Gasteiger charge is 2.31. The number of piperidine rings is 1. The summed E-state index contributed by atoms with van der Waals surface area (Å²) in [5.74, 6) is 0.716. The van der Waals surface area contributed by atoms with Gasteiger partial charge in [-0.05, 0) is 62.9 Å². The zero-order valence-corrected chi connectivity index (χ0v) is 17.0. The van der Waals surface area contributed by atoms with Gasteiger partial charge < -0.3 is 10.2 Å². The van der Waals surface area contributed by atoms with Crippen molar-refractivity contribution in [2.45, 2.75) is 38.6 Å². The number of benzene rings is 2. The lowest BCUT2D eigenvalue weighted by molar-refractivity contribution is -0.120. The Bertz CT molecular complexity index is 859. The monoisotopic (exact) mass is 391 g/mol. The fourth-order valence-electron chi connectivity index (χ4n) is 4.53. The van der Waals surface area contributed by atoms with Gasteiger partial charge in [-0.15, -0.1) is 0 Å². The molecule has 0 aliphatic carbocycles. The Morgan fingerprint density at radius 3 is 2.48 bits per heavy atom. The standard InChI is InChI=1S/C24H29N3O2/c1-18-15-23(28)25-21-9-5-6-10-22(21)27(18)24(29)17-26-13-11-20(12-14-26)16-19-7-3-2-4-8-19/h2-10,18,20H,11-17H2,1H3,(H,25,28). The minimum absolute atomic E-state index is 0.0398. The lowest BCUT2D eigenvalue weighted by Gasteiger charge is -2.34. The molecule has 1 saturated heterocycles. The van der Waals surface area contributed by atoms with Crippen molar-refractivity contribution < 1.29 is 9.59 Å². The van der Waals surface area contributed by atoms with Gasteiger partial charge in [0.25, 0.3) is 0 Å². The van der Waals surface area contributed by atoms with Gasteiger partial charge in [-0.25, -0.2) is 0 Å². The molecule has 0 saturated carbocycles. The van der Waals surface area contributed by atoms with Crippen molar-refractivity contribution in [3.05, 3.63) is 60.2 Å². The Morgan fingerprint density at radius 2 is 1.72 bits per heavy atom. The first-order chi connectivity index (χ1) is 14.1. The molecule has 0 aromatic heterocycles. The van der Waals surface area contributed by atoms with E-state index in [-0.39, 0.29) is 17.9 Å². The van der Waals surface area contributed by atoms with E-state index in [9.17, 15) is 9.59 Å². The van der Waals surface area contributed by atoms with Crippen LogP contribution in [0.5, 0.6) is 0 Å². The molecule has 1 unspecified atom stereocenters. The summed E-state index contributed by atoms with van der Waals surface area (Å²) in [5.41, 5.74) is 2.92. The fraction of sp³-hybridized carbons (Fsp3) is 0.417. The van der Waals surface area contributed by atoms with Crippen LogP contribution in [0.1, 0.15) is 31.7 Å². The molecular formula is C24H29N3O2. The van der Waals surface area contributed by atoms with Gasteiger partial charge in [0.2, 0.25) is 11.8 Å². The quantitative estimate of drug-likeness (QED) is 0.865. The second kappa shape index (κ2) is 8.78. The molecule has 29 heavy (non-hydrogen) atoms. The van der Waals surface area contributed by atoms with E-state index in [1.54, 1.807) is 0 Å². The Morgan fingerprint density at radius 1 is 1.03 bits per heavy atom. The Balaban J connectivity index is 1.38. The Labute approximate surface area is 172 Å². The third kappa shape index (κ3) is 4.67. The number of nitrogens with zero attached hydrogens (tertiary/aromatic N) is 2. The first-order valence-electron chi connectivity index (χ1n) is 10.6. The van der Waals surface area contributed by atoms with E-state index >= 15 is 0 Å². The molecule has 5 heteroatoms. The number of rotatable bonds is 4. The fourth-order valence-corrected chi connectivity index (χ4v) is 4.53. The lowest BCUT2D eigenvalue weighted by atomic mass is 9.90. The number of amides is 2. The van der Waals surface area contributed by atoms with Crippen LogP contribution in [0.15, 0.2) is 54.6 Å². The van der Waals surface area contributed by atoms with Crippen LogP contribution in [0.4, 0.5) is 11.4 Å². The van der Waals surface area contributed by atoms with Crippen LogP contribution >= 0.6 is 0 Å². The number of para-hydroxylation sites is 2. The van der Waals surface area contributed by atoms with Gasteiger partial charge in [-0.2, -0.15) is 0 Å². The summed E-state index contributed by atoms with van der Waals surface area (Å²) >= 11 is 0. The summed E-state index contributed by atoms with van der Waals surface area (Å²) in [6.07, 6.45) is 3.68. The lowest BCUT2D eigenvalue weighted by Crippen LogP contribution is -2.47. The van der Waals surface area contributed by atoms with Gasteiger partial charge in [0.1, 0.15) is 0 Å². The van der Waals surface area contributed by atoms with Crippen molar-refractivity contribution in [1.29, 1.82) is 0 Å². The average Bonchev–Trinajstić information content (AvgIpc) is 2.84. The maximum Gasteiger partial charge on any atom is 0.241 e. The maximum atomic E-state index is 13.2. The van der Waals surface area contributed by atoms with Crippen LogP contribution < -0.4 is 10.2 Å². The smallest absolute Gasteiger partial charge is 0.241 e. The predicted octanol–water partition coefficient (Wildman–Crippen LogP) is 3.71. The number of fused-ring (bicyclic) bond motifs is 1. The van der Waals surface area contributed by atoms with Crippen molar-refractivity contribution >= 4 is 23.2 Å². The van der Waals surface area contributed by atoms with Crippen molar-refractivity contribution in [2.75, 3.05) is 29.9 Å². The molecule has 2 aliphatic heterocycles. The first-order valence-corrected chi connectivity index (χ1v) is 10.6. The van der Waals surface area contributed by atoms with Crippen LogP contribution in [0.2, 0.25) is 0 Å². The summed E-state index contributed by atoms with van der Waals surface area (Å²) in [6.45, 7) is 4.26. The number of anilines is 2. The number of hydrogen-bond donors (Lipinski definition) is 1. The summed E-state index contributed by atoms with van der Waals surface area (Å²) in [7, 11) is 0. The first kappa shape index (κ1) is 19.6. The predicted molar refractivity (Wildman–Crippen MR) is 116 cm³/mol. The van der Waals surface area contributed by atoms with Gasteiger partial charge in [0.15, 0.2) is 0 Å². The van der Waals surface area contributed by atoms with Crippen molar-refractivity contribution in [3.8, 4) is 0 Å². The third-order valence-electron chi connectivity index (χ3n) is 6.06. The number of hydrogen-bond acceptors (Lipinski definition) is 3. The largest absolute Gasteiger partial charge is 0.324 e. The molecule has 0 bridgehead atoms. The molecule has 1 fully saturated rings. The van der Waals surface area contributed by atoms with Crippen molar-refractivity contribution in [2.24, 2.45) is 5.92 Å². The highest BCUT2D eigenvalue weighted by atomic mass is 16.2.